The number of hydrogen-bond donors (Lipinski definition) is 3. The Morgan fingerprint density at radius 1 is 1.57 bits per heavy atom. The van der Waals surface area contributed by atoms with Gasteiger partial charge in [0.2, 0.25) is 0 Å². The molecule has 0 aliphatic heterocycles. The molecule has 0 aliphatic rings. The highest BCUT2D eigenvalue weighted by molar-refractivity contribution is 7.18. The molecule has 1 aromatic rings. The zero-order valence-corrected chi connectivity index (χ0v) is 13.6. The van der Waals surface area contributed by atoms with Crippen LogP contribution in [0.2, 0.25) is 0 Å². The van der Waals surface area contributed by atoms with E-state index in [0.29, 0.717) is 36.1 Å². The maximum absolute atomic E-state index is 12.5. The van der Waals surface area contributed by atoms with E-state index in [0.717, 1.165) is 0 Å². The molecule has 1 amide bonds. The van der Waals surface area contributed by atoms with Crippen molar-refractivity contribution in [2.24, 2.45) is 0 Å². The molecule has 1 heterocycles. The van der Waals surface area contributed by atoms with Crippen LogP contribution in [0.15, 0.2) is 0 Å². The summed E-state index contributed by atoms with van der Waals surface area (Å²) in [6.07, 6.45) is 0.543. The minimum absolute atomic E-state index is 0.0375. The summed E-state index contributed by atoms with van der Waals surface area (Å²) in [5.41, 5.74) is 5.84. The van der Waals surface area contributed by atoms with E-state index in [9.17, 15) is 4.79 Å². The van der Waals surface area contributed by atoms with Gasteiger partial charge in [0.15, 0.2) is 5.13 Å². The van der Waals surface area contributed by atoms with Gasteiger partial charge in [0.1, 0.15) is 10.7 Å². The molecule has 0 radical (unpaired) electrons. The third kappa shape index (κ3) is 5.14. The number of nitrogens with two attached hydrogens (primary N) is 1. The zero-order chi connectivity index (χ0) is 15.8. The van der Waals surface area contributed by atoms with Gasteiger partial charge in [0.05, 0.1) is 6.61 Å². The Balaban J connectivity index is 2.79. The van der Waals surface area contributed by atoms with Gasteiger partial charge >= 0.3 is 0 Å². The van der Waals surface area contributed by atoms with Gasteiger partial charge in [0, 0.05) is 32.8 Å². The number of thiazole rings is 1. The molecule has 0 unspecified atom stereocenters. The number of nitrogens with one attached hydrogen (secondary N) is 1. The van der Waals surface area contributed by atoms with E-state index >= 15 is 0 Å². The fourth-order valence-corrected chi connectivity index (χ4v) is 2.65. The number of aliphatic hydroxyl groups excluding tert-OH is 1. The monoisotopic (exact) mass is 316 g/mol. The molecule has 0 fully saturated rings. The minimum atomic E-state index is -0.145. The molecular weight excluding hydrogens is 292 g/mol. The summed E-state index contributed by atoms with van der Waals surface area (Å²) in [4.78, 5) is 18.8. The summed E-state index contributed by atoms with van der Waals surface area (Å²) < 4.78 is 4.95. The Bertz CT molecular complexity index is 451. The molecule has 21 heavy (non-hydrogen) atoms. The summed E-state index contributed by atoms with van der Waals surface area (Å²) in [5, 5.41) is 12.6. The Kier molecular flexibility index (Phi) is 7.41. The van der Waals surface area contributed by atoms with Crippen molar-refractivity contribution in [2.75, 3.05) is 44.5 Å². The number of carbonyl (C=O) groups is 1. The number of methoxy groups -OCH3 is 1. The van der Waals surface area contributed by atoms with E-state index in [1.165, 1.54) is 11.3 Å². The van der Waals surface area contributed by atoms with Crippen molar-refractivity contribution >= 4 is 28.2 Å². The number of aliphatic hydroxyl groups is 1. The van der Waals surface area contributed by atoms with Crippen LogP contribution < -0.4 is 11.1 Å². The van der Waals surface area contributed by atoms with E-state index < -0.39 is 0 Å². The van der Waals surface area contributed by atoms with Gasteiger partial charge in [0.25, 0.3) is 5.91 Å². The molecule has 4 N–H and O–H groups in total. The van der Waals surface area contributed by atoms with E-state index in [1.807, 2.05) is 13.8 Å². The standard InChI is InChI=1S/C13H24N4O3S/c1-9(2)17(6-4-7-18)12(19)10-11(14)16-13(21-10)15-5-8-20-3/h9,18H,4-8,14H2,1-3H3,(H,15,16). The first-order valence-electron chi connectivity index (χ1n) is 6.92. The lowest BCUT2D eigenvalue weighted by Gasteiger charge is -2.26. The number of anilines is 2. The summed E-state index contributed by atoms with van der Waals surface area (Å²) in [7, 11) is 1.62. The molecule has 0 atom stereocenters. The Morgan fingerprint density at radius 2 is 2.29 bits per heavy atom. The Morgan fingerprint density at radius 3 is 2.86 bits per heavy atom. The molecule has 0 bridgehead atoms. The zero-order valence-electron chi connectivity index (χ0n) is 12.8. The molecule has 1 aromatic heterocycles. The van der Waals surface area contributed by atoms with E-state index in [2.05, 4.69) is 10.3 Å². The number of nitrogen functional groups attached to an aromatic ring is 1. The third-order valence-corrected chi connectivity index (χ3v) is 3.89. The summed E-state index contributed by atoms with van der Waals surface area (Å²) in [5.74, 6) is 0.0906. The SMILES string of the molecule is COCCNc1nc(N)c(C(=O)N(CCCO)C(C)C)s1. The predicted molar refractivity (Wildman–Crippen MR) is 84.8 cm³/mol. The van der Waals surface area contributed by atoms with Gasteiger partial charge < -0.3 is 25.8 Å². The molecule has 0 saturated carbocycles. The lowest BCUT2D eigenvalue weighted by molar-refractivity contribution is 0.0699. The molecule has 0 aromatic carbocycles. The van der Waals surface area contributed by atoms with Crippen molar-refractivity contribution in [3.05, 3.63) is 4.88 Å². The number of aromatic nitrogens is 1. The van der Waals surface area contributed by atoms with Crippen LogP contribution in [0.5, 0.6) is 0 Å². The number of carbonyl (C=O) groups excluding carboxylic acids is 1. The van der Waals surface area contributed by atoms with Gasteiger partial charge in [-0.2, -0.15) is 0 Å². The highest BCUT2D eigenvalue weighted by atomic mass is 32.1. The van der Waals surface area contributed by atoms with Crippen molar-refractivity contribution < 1.29 is 14.6 Å². The van der Waals surface area contributed by atoms with Crippen molar-refractivity contribution in [2.45, 2.75) is 26.3 Å². The third-order valence-electron chi connectivity index (χ3n) is 2.87. The van der Waals surface area contributed by atoms with Gasteiger partial charge in [-0.25, -0.2) is 4.98 Å². The van der Waals surface area contributed by atoms with Crippen molar-refractivity contribution in [1.29, 1.82) is 0 Å². The van der Waals surface area contributed by atoms with Crippen LogP contribution in [0.25, 0.3) is 0 Å². The molecule has 120 valence electrons. The van der Waals surface area contributed by atoms with Crippen molar-refractivity contribution in [3.8, 4) is 0 Å². The quantitative estimate of drug-likeness (QED) is 0.588. The number of ether oxygens (including phenoxy) is 1. The molecule has 1 rings (SSSR count). The maximum Gasteiger partial charge on any atom is 0.268 e. The van der Waals surface area contributed by atoms with Crippen molar-refractivity contribution in [3.63, 3.8) is 0 Å². The fraction of sp³-hybridized carbons (Fsp3) is 0.692. The molecule has 0 aliphatic carbocycles. The second-order valence-corrected chi connectivity index (χ2v) is 5.82. The first-order chi connectivity index (χ1) is 10.0. The summed E-state index contributed by atoms with van der Waals surface area (Å²) >= 11 is 1.24. The van der Waals surface area contributed by atoms with Crippen LogP contribution in [0.3, 0.4) is 0 Å². The maximum atomic E-state index is 12.5. The highest BCUT2D eigenvalue weighted by Gasteiger charge is 2.23. The molecule has 7 nitrogen and oxygen atoms in total. The largest absolute Gasteiger partial charge is 0.396 e. The lowest BCUT2D eigenvalue weighted by Crippen LogP contribution is -2.38. The van der Waals surface area contributed by atoms with Crippen LogP contribution in [-0.2, 0) is 4.74 Å². The Hall–Kier alpha value is -1.38. The number of hydrogen-bond acceptors (Lipinski definition) is 7. The summed E-state index contributed by atoms with van der Waals surface area (Å²) in [6, 6.07) is 0.0375. The van der Waals surface area contributed by atoms with Crippen molar-refractivity contribution in [1.82, 2.24) is 9.88 Å². The van der Waals surface area contributed by atoms with Crippen LogP contribution >= 0.6 is 11.3 Å². The predicted octanol–water partition coefficient (Wildman–Crippen LogP) is 1.02. The van der Waals surface area contributed by atoms with Gasteiger partial charge in [-0.15, -0.1) is 0 Å². The van der Waals surface area contributed by atoms with E-state index in [4.69, 9.17) is 15.6 Å². The van der Waals surface area contributed by atoms with Crippen LogP contribution in [0.4, 0.5) is 10.9 Å². The smallest absolute Gasteiger partial charge is 0.268 e. The van der Waals surface area contributed by atoms with Crippen LogP contribution in [0, 0.1) is 0 Å². The van der Waals surface area contributed by atoms with Crippen LogP contribution in [-0.4, -0.2) is 60.4 Å². The van der Waals surface area contributed by atoms with E-state index in [-0.39, 0.29) is 24.4 Å². The van der Waals surface area contributed by atoms with Gasteiger partial charge in [-0.1, -0.05) is 11.3 Å². The summed E-state index contributed by atoms with van der Waals surface area (Å²) in [6.45, 7) is 5.58. The molecule has 0 saturated heterocycles. The number of amides is 1. The Labute approximate surface area is 129 Å². The van der Waals surface area contributed by atoms with E-state index in [1.54, 1.807) is 12.0 Å². The van der Waals surface area contributed by atoms with Gasteiger partial charge in [-0.3, -0.25) is 4.79 Å². The fourth-order valence-electron chi connectivity index (χ4n) is 1.79. The van der Waals surface area contributed by atoms with Crippen LogP contribution in [0.1, 0.15) is 29.9 Å². The van der Waals surface area contributed by atoms with Gasteiger partial charge in [-0.05, 0) is 20.3 Å². The minimum Gasteiger partial charge on any atom is -0.396 e. The molecular formula is C13H24N4O3S. The molecule has 0 spiro atoms. The average molecular weight is 316 g/mol. The average Bonchev–Trinajstić information content (AvgIpc) is 2.80. The lowest BCUT2D eigenvalue weighted by atomic mass is 10.2. The first-order valence-corrected chi connectivity index (χ1v) is 7.73. The topological polar surface area (TPSA) is 101 Å². The second kappa shape index (κ2) is 8.81. The number of nitrogens with zero attached hydrogens (tertiary/aromatic N) is 2. The number of rotatable bonds is 9. The first kappa shape index (κ1) is 17.7. The highest BCUT2D eigenvalue weighted by Crippen LogP contribution is 2.26. The molecule has 8 heteroatoms. The normalized spacial score (nSPS) is 10.9. The second-order valence-electron chi connectivity index (χ2n) is 4.82.